The van der Waals surface area contributed by atoms with Crippen molar-refractivity contribution in [2.75, 3.05) is 64.6 Å². The molecule has 4 atom stereocenters. The van der Waals surface area contributed by atoms with Gasteiger partial charge in [0, 0.05) is 69.3 Å². The van der Waals surface area contributed by atoms with Crippen LogP contribution in [0.25, 0.3) is 0 Å². The molecule has 498 valence electrons. The maximum absolute atomic E-state index is 12.6. The molecule has 2 aliphatic heterocycles. The van der Waals surface area contributed by atoms with Crippen molar-refractivity contribution in [2.45, 2.75) is 288 Å². The highest BCUT2D eigenvalue weighted by molar-refractivity contribution is 8.76. The van der Waals surface area contributed by atoms with Gasteiger partial charge >= 0.3 is 0 Å². The standard InChI is InChI=1S/C72H125N5O8S2/c1-5-7-9-11-13-15-17-19-21-23-25-27-29-31-33-37-51-72(52-38-34-32-30-28-26-24-22-20-18-16-14-12-10-8-6-2)84-62-68(85-72)49-55-76(4)54-40-36-35-39-53-73-69(80)43-41-56-83-67-47-45-64(46-48-67)63(3)74-75-70(81)50-58-87-86-57-42-44-71(82)77-60-66(79)59-65(77)61-78/h13-16,19-22,45-48,63,65-66,68,74,78-79H,5-12,17-18,23-44,49-62H2,1-4H3,(H,73,80)(H,75,81)/t63?,65-,66+,68?,72?/m0/s1. The molecule has 2 heterocycles. The fourth-order valence-electron chi connectivity index (χ4n) is 11.2. The Morgan fingerprint density at radius 1 is 0.678 bits per heavy atom. The number of nitrogens with zero attached hydrogens (tertiary/aromatic N) is 2. The van der Waals surface area contributed by atoms with E-state index < -0.39 is 11.9 Å². The molecule has 15 heteroatoms. The zero-order valence-electron chi connectivity index (χ0n) is 55.3. The van der Waals surface area contributed by atoms with Crippen molar-refractivity contribution in [3.8, 4) is 5.75 Å². The monoisotopic (exact) mass is 1250 g/mol. The molecular weight excluding hydrogens is 1130 g/mol. The van der Waals surface area contributed by atoms with Gasteiger partial charge in [0.05, 0.1) is 38.1 Å². The minimum absolute atomic E-state index is 0.0267. The first-order valence-corrected chi connectivity index (χ1v) is 37.5. The van der Waals surface area contributed by atoms with E-state index in [1.165, 1.54) is 141 Å². The van der Waals surface area contributed by atoms with E-state index >= 15 is 0 Å². The number of hydrogen-bond acceptors (Lipinski definition) is 12. The molecule has 2 saturated heterocycles. The van der Waals surface area contributed by atoms with Gasteiger partial charge in [-0.2, -0.15) is 0 Å². The first kappa shape index (κ1) is 78.1. The number of ether oxygens (including phenoxy) is 3. The maximum Gasteiger partial charge on any atom is 0.234 e. The van der Waals surface area contributed by atoms with E-state index in [2.05, 4.69) is 90.6 Å². The second-order valence-electron chi connectivity index (χ2n) is 24.7. The number of hydrogen-bond donors (Lipinski definition) is 5. The molecule has 2 aliphatic rings. The Bertz CT molecular complexity index is 1920. The van der Waals surface area contributed by atoms with Crippen molar-refractivity contribution in [3.05, 3.63) is 78.4 Å². The number of aliphatic hydroxyl groups is 2. The summed E-state index contributed by atoms with van der Waals surface area (Å²) < 4.78 is 19.5. The van der Waals surface area contributed by atoms with E-state index in [-0.39, 0.29) is 42.5 Å². The SMILES string of the molecule is CCCCCC=CCC=CCCCCCCCCC1(CCCCCCCCC=CCC=CCCCCC)OCC(CCN(C)CCCCCCNC(=O)CCCOc2ccc(C(C)NNC(=O)CCSSCCCC(=O)N3C[C@H](O)C[C@H]3CO)cc2)O1. The van der Waals surface area contributed by atoms with Crippen LogP contribution >= 0.6 is 21.6 Å². The van der Waals surface area contributed by atoms with Crippen LogP contribution in [0.4, 0.5) is 0 Å². The highest BCUT2D eigenvalue weighted by atomic mass is 33.1. The van der Waals surface area contributed by atoms with E-state index in [9.17, 15) is 24.6 Å². The molecule has 3 amide bonds. The Morgan fingerprint density at radius 3 is 1.85 bits per heavy atom. The molecule has 5 N–H and O–H groups in total. The number of benzene rings is 1. The van der Waals surface area contributed by atoms with Gasteiger partial charge in [0.1, 0.15) is 5.75 Å². The molecule has 2 fully saturated rings. The lowest BCUT2D eigenvalue weighted by Gasteiger charge is -2.29. The summed E-state index contributed by atoms with van der Waals surface area (Å²) in [6.45, 7) is 10.6. The van der Waals surface area contributed by atoms with Crippen LogP contribution in [0.15, 0.2) is 72.9 Å². The molecule has 1 aromatic rings. The Balaban J connectivity index is 1.20. The molecule has 0 radical (unpaired) electrons. The molecule has 0 aliphatic carbocycles. The minimum Gasteiger partial charge on any atom is -0.494 e. The number of allylic oxidation sites excluding steroid dienone is 8. The Hall–Kier alpha value is -3.15. The average Bonchev–Trinajstić information content (AvgIpc) is 3.74. The molecule has 0 saturated carbocycles. The van der Waals surface area contributed by atoms with Gasteiger partial charge in [-0.15, -0.1) is 0 Å². The third kappa shape index (κ3) is 41.1. The number of hydrazine groups is 1. The molecule has 0 bridgehead atoms. The molecule has 87 heavy (non-hydrogen) atoms. The number of rotatable bonds is 57. The number of unbranched alkanes of at least 4 members (excludes halogenated alkanes) is 21. The number of amides is 3. The summed E-state index contributed by atoms with van der Waals surface area (Å²) in [4.78, 5) is 41.5. The molecule has 0 aromatic heterocycles. The fraction of sp³-hybridized carbons (Fsp3) is 0.764. The Kier molecular flexibility index (Phi) is 48.0. The summed E-state index contributed by atoms with van der Waals surface area (Å²) >= 11 is 0. The van der Waals surface area contributed by atoms with Crippen LogP contribution in [0.2, 0.25) is 0 Å². The van der Waals surface area contributed by atoms with Crippen molar-refractivity contribution >= 4 is 39.3 Å². The summed E-state index contributed by atoms with van der Waals surface area (Å²) in [5.41, 5.74) is 6.90. The minimum atomic E-state index is -0.558. The number of carbonyl (C=O) groups excluding carboxylic acids is 3. The summed E-state index contributed by atoms with van der Waals surface area (Å²) in [5.74, 6) is 1.74. The van der Waals surface area contributed by atoms with Crippen LogP contribution in [0.5, 0.6) is 5.75 Å². The number of likely N-dealkylation sites (tertiary alicyclic amines) is 1. The van der Waals surface area contributed by atoms with Crippen molar-refractivity contribution < 1.29 is 38.8 Å². The number of nitrogens with one attached hydrogen (secondary N) is 3. The summed E-state index contributed by atoms with van der Waals surface area (Å²) in [5, 5.41) is 22.4. The summed E-state index contributed by atoms with van der Waals surface area (Å²) in [6.07, 6.45) is 59.1. The third-order valence-corrected chi connectivity index (χ3v) is 19.2. The quantitative estimate of drug-likeness (QED) is 0.0182. The van der Waals surface area contributed by atoms with Crippen LogP contribution in [-0.4, -0.2) is 126 Å². The lowest BCUT2D eigenvalue weighted by atomic mass is 9.98. The van der Waals surface area contributed by atoms with Gasteiger partial charge in [-0.1, -0.05) is 186 Å². The van der Waals surface area contributed by atoms with Crippen molar-refractivity contribution in [3.63, 3.8) is 0 Å². The predicted molar refractivity (Wildman–Crippen MR) is 368 cm³/mol. The van der Waals surface area contributed by atoms with Gasteiger partial charge in [-0.05, 0) is 154 Å². The topological polar surface area (TPSA) is 162 Å². The Morgan fingerprint density at radius 2 is 1.24 bits per heavy atom. The second-order valence-corrected chi connectivity index (χ2v) is 27.4. The zero-order chi connectivity index (χ0) is 62.5. The second kappa shape index (κ2) is 53.5. The van der Waals surface area contributed by atoms with E-state index in [1.54, 1.807) is 26.5 Å². The van der Waals surface area contributed by atoms with Crippen molar-refractivity contribution in [1.29, 1.82) is 0 Å². The highest BCUT2D eigenvalue weighted by Gasteiger charge is 2.40. The summed E-state index contributed by atoms with van der Waals surface area (Å²) in [7, 11) is 5.49. The maximum atomic E-state index is 12.6. The van der Waals surface area contributed by atoms with E-state index in [0.717, 1.165) is 87.9 Å². The lowest BCUT2D eigenvalue weighted by Crippen LogP contribution is -2.39. The zero-order valence-corrected chi connectivity index (χ0v) is 57.0. The van der Waals surface area contributed by atoms with Crippen molar-refractivity contribution in [2.24, 2.45) is 0 Å². The first-order valence-electron chi connectivity index (χ1n) is 35.0. The van der Waals surface area contributed by atoms with Gasteiger partial charge < -0.3 is 39.5 Å². The molecule has 13 nitrogen and oxygen atoms in total. The molecular formula is C72H125N5O8S2. The largest absolute Gasteiger partial charge is 0.494 e. The lowest BCUT2D eigenvalue weighted by molar-refractivity contribution is -0.180. The molecule has 0 spiro atoms. The predicted octanol–water partition coefficient (Wildman–Crippen LogP) is 16.6. The van der Waals surface area contributed by atoms with Crippen LogP contribution in [0, 0.1) is 0 Å². The van der Waals surface area contributed by atoms with Crippen LogP contribution in [-0.2, 0) is 23.9 Å². The summed E-state index contributed by atoms with van der Waals surface area (Å²) in [6, 6.07) is 7.39. The normalized spacial score (nSPS) is 18.4. The Labute approximate surface area is 538 Å². The van der Waals surface area contributed by atoms with E-state index in [0.29, 0.717) is 70.6 Å². The van der Waals surface area contributed by atoms with Gasteiger partial charge in [-0.3, -0.25) is 19.8 Å². The average molecular weight is 1250 g/mol. The van der Waals surface area contributed by atoms with Gasteiger partial charge in [0.2, 0.25) is 17.7 Å². The van der Waals surface area contributed by atoms with Gasteiger partial charge in [-0.25, -0.2) is 5.43 Å². The van der Waals surface area contributed by atoms with Crippen LogP contribution < -0.4 is 20.9 Å². The van der Waals surface area contributed by atoms with Crippen molar-refractivity contribution in [1.82, 2.24) is 26.0 Å². The van der Waals surface area contributed by atoms with E-state index in [4.69, 9.17) is 14.2 Å². The number of β-amino-alcohol motifs (C(OH)–C–C–N with tert-alkyl or cyclic N) is 1. The van der Waals surface area contributed by atoms with Crippen LogP contribution in [0.3, 0.4) is 0 Å². The number of carbonyl (C=O) groups is 3. The van der Waals surface area contributed by atoms with Gasteiger partial charge in [0.25, 0.3) is 0 Å². The fourth-order valence-corrected chi connectivity index (χ4v) is 13.3. The van der Waals surface area contributed by atoms with Crippen LogP contribution in [0.1, 0.15) is 270 Å². The molecule has 2 unspecified atom stereocenters. The smallest absolute Gasteiger partial charge is 0.234 e. The third-order valence-electron chi connectivity index (χ3n) is 16.7. The highest BCUT2D eigenvalue weighted by Crippen LogP contribution is 2.36. The molecule has 3 rings (SSSR count). The van der Waals surface area contributed by atoms with Gasteiger partial charge in [0.15, 0.2) is 5.79 Å². The van der Waals surface area contributed by atoms with E-state index in [1.807, 2.05) is 31.2 Å². The molecule has 1 aromatic carbocycles. The number of aliphatic hydroxyl groups excluding tert-OH is 2. The first-order chi connectivity index (χ1) is 42.6.